The van der Waals surface area contributed by atoms with Crippen molar-refractivity contribution in [2.24, 2.45) is 0 Å². The Morgan fingerprint density at radius 3 is 1.76 bits per heavy atom. The maximum Gasteiger partial charge on any atom is 0.500 e. The number of rotatable bonds is 9. The average Bonchev–Trinajstić information content (AvgIpc) is 2.26. The van der Waals surface area contributed by atoms with Crippen LogP contribution < -0.4 is 0 Å². The van der Waals surface area contributed by atoms with Crippen molar-refractivity contribution in [3.05, 3.63) is 0 Å². The Morgan fingerprint density at radius 2 is 1.47 bits per heavy atom. The maximum absolute atomic E-state index is 6.34. The lowest BCUT2D eigenvalue weighted by Gasteiger charge is -2.36. The molecular formula is C12H30O3Si2. The number of hydrogen-bond acceptors (Lipinski definition) is 3. The molecular weight excluding hydrogens is 248 g/mol. The van der Waals surface area contributed by atoms with Gasteiger partial charge in [-0.1, -0.05) is 46.3 Å². The van der Waals surface area contributed by atoms with E-state index in [9.17, 15) is 0 Å². The highest BCUT2D eigenvalue weighted by Crippen LogP contribution is 2.25. The van der Waals surface area contributed by atoms with Crippen molar-refractivity contribution in [1.29, 1.82) is 0 Å². The first-order chi connectivity index (χ1) is 7.85. The third kappa shape index (κ3) is 5.65. The molecule has 0 bridgehead atoms. The molecule has 0 heterocycles. The van der Waals surface area contributed by atoms with Gasteiger partial charge in [-0.25, -0.2) is 0 Å². The molecule has 0 saturated heterocycles. The van der Waals surface area contributed by atoms with Gasteiger partial charge in [0.25, 0.3) is 0 Å². The van der Waals surface area contributed by atoms with E-state index in [-0.39, 0.29) is 0 Å². The lowest BCUT2D eigenvalue weighted by Crippen LogP contribution is -2.53. The summed E-state index contributed by atoms with van der Waals surface area (Å²) in [5.41, 5.74) is 0.339. The Labute approximate surface area is 109 Å². The molecule has 1 atom stereocenters. The Balaban J connectivity index is 4.78. The van der Waals surface area contributed by atoms with Gasteiger partial charge in [0.1, 0.15) is 0 Å². The Hall–Kier alpha value is 0.314. The zero-order valence-electron chi connectivity index (χ0n) is 12.6. The van der Waals surface area contributed by atoms with Crippen LogP contribution in [0.15, 0.2) is 0 Å². The lowest BCUT2D eigenvalue weighted by atomic mass is 10.4. The molecule has 0 aliphatic heterocycles. The van der Waals surface area contributed by atoms with Crippen LogP contribution in [0, 0.1) is 0 Å². The molecule has 0 aromatic heterocycles. The van der Waals surface area contributed by atoms with Crippen molar-refractivity contribution in [3.8, 4) is 0 Å². The molecule has 0 amide bonds. The van der Waals surface area contributed by atoms with Crippen molar-refractivity contribution in [3.63, 3.8) is 0 Å². The second kappa shape index (κ2) is 7.68. The molecule has 0 aliphatic carbocycles. The van der Waals surface area contributed by atoms with Crippen LogP contribution in [-0.2, 0) is 13.3 Å². The van der Waals surface area contributed by atoms with Gasteiger partial charge in [0.05, 0.1) is 8.07 Å². The summed E-state index contributed by atoms with van der Waals surface area (Å²) in [6.07, 6.45) is 3.30. The summed E-state index contributed by atoms with van der Waals surface area (Å²) in [5, 5.41) is 0. The molecule has 0 fully saturated rings. The molecule has 0 aliphatic rings. The van der Waals surface area contributed by atoms with Crippen LogP contribution in [0.2, 0.25) is 25.7 Å². The summed E-state index contributed by atoms with van der Waals surface area (Å²) in [7, 11) is -0.304. The van der Waals surface area contributed by atoms with Crippen molar-refractivity contribution >= 4 is 16.9 Å². The van der Waals surface area contributed by atoms with Gasteiger partial charge in [0.2, 0.25) is 0 Å². The Kier molecular flexibility index (Phi) is 7.83. The topological polar surface area (TPSA) is 27.7 Å². The molecule has 1 unspecified atom stereocenters. The first kappa shape index (κ1) is 17.3. The van der Waals surface area contributed by atoms with Gasteiger partial charge in [-0.05, 0) is 6.42 Å². The molecule has 0 saturated carbocycles. The van der Waals surface area contributed by atoms with Gasteiger partial charge < -0.3 is 13.3 Å². The second-order valence-corrected chi connectivity index (χ2v) is 13.9. The average molecular weight is 279 g/mol. The minimum atomic E-state index is -2.42. The zero-order valence-corrected chi connectivity index (χ0v) is 14.6. The third-order valence-corrected chi connectivity index (χ3v) is 8.59. The van der Waals surface area contributed by atoms with Gasteiger partial charge >= 0.3 is 8.80 Å². The summed E-state index contributed by atoms with van der Waals surface area (Å²) >= 11 is 0. The van der Waals surface area contributed by atoms with E-state index in [2.05, 4.69) is 33.5 Å². The SMILES string of the molecule is CCCC(O[Si](CCC)(OC)OC)[Si](C)(C)C. The highest BCUT2D eigenvalue weighted by molar-refractivity contribution is 6.78. The summed E-state index contributed by atoms with van der Waals surface area (Å²) in [5.74, 6) is 0. The second-order valence-electron chi connectivity index (χ2n) is 5.60. The van der Waals surface area contributed by atoms with Gasteiger partial charge in [-0.3, -0.25) is 0 Å². The van der Waals surface area contributed by atoms with Crippen LogP contribution in [0.3, 0.4) is 0 Å². The molecule has 0 aromatic rings. The molecule has 5 heteroatoms. The van der Waals surface area contributed by atoms with Crippen LogP contribution in [0.1, 0.15) is 33.1 Å². The quantitative estimate of drug-likeness (QED) is 0.602. The van der Waals surface area contributed by atoms with E-state index < -0.39 is 16.9 Å². The molecule has 0 aromatic carbocycles. The molecule has 0 N–H and O–H groups in total. The van der Waals surface area contributed by atoms with Gasteiger partial charge in [0.15, 0.2) is 0 Å². The fourth-order valence-electron chi connectivity index (χ4n) is 1.90. The summed E-state index contributed by atoms with van der Waals surface area (Å²) in [4.78, 5) is 0. The first-order valence-electron chi connectivity index (χ1n) is 6.63. The van der Waals surface area contributed by atoms with Gasteiger partial charge in [-0.15, -0.1) is 0 Å². The number of hydrogen-bond donors (Lipinski definition) is 0. The zero-order chi connectivity index (χ0) is 13.5. The Bertz CT molecular complexity index is 200. The monoisotopic (exact) mass is 278 g/mol. The summed E-state index contributed by atoms with van der Waals surface area (Å²) < 4.78 is 17.6. The van der Waals surface area contributed by atoms with Crippen molar-refractivity contribution in [2.45, 2.75) is 64.5 Å². The lowest BCUT2D eigenvalue weighted by molar-refractivity contribution is 0.0778. The van der Waals surface area contributed by atoms with E-state index >= 15 is 0 Å². The van der Waals surface area contributed by atoms with Crippen LogP contribution in [0.5, 0.6) is 0 Å². The van der Waals surface area contributed by atoms with Crippen molar-refractivity contribution in [2.75, 3.05) is 14.2 Å². The van der Waals surface area contributed by atoms with Crippen molar-refractivity contribution in [1.82, 2.24) is 0 Å². The van der Waals surface area contributed by atoms with Crippen LogP contribution in [0.25, 0.3) is 0 Å². The summed E-state index contributed by atoms with van der Waals surface area (Å²) in [6.45, 7) is 11.4. The predicted molar refractivity (Wildman–Crippen MR) is 78.0 cm³/mol. The fourth-order valence-corrected chi connectivity index (χ4v) is 7.05. The van der Waals surface area contributed by atoms with Crippen LogP contribution in [0.4, 0.5) is 0 Å². The third-order valence-electron chi connectivity index (χ3n) is 3.02. The largest absolute Gasteiger partial charge is 0.500 e. The fraction of sp³-hybridized carbons (Fsp3) is 1.00. The first-order valence-corrected chi connectivity index (χ1v) is 12.1. The molecule has 104 valence electrons. The minimum absolute atomic E-state index is 0.339. The summed E-state index contributed by atoms with van der Waals surface area (Å²) in [6, 6.07) is 0.907. The molecule has 17 heavy (non-hydrogen) atoms. The molecule has 0 radical (unpaired) electrons. The van der Waals surface area contributed by atoms with E-state index in [0.29, 0.717) is 5.73 Å². The van der Waals surface area contributed by atoms with E-state index in [1.807, 2.05) is 0 Å². The predicted octanol–water partition coefficient (Wildman–Crippen LogP) is 3.69. The van der Waals surface area contributed by atoms with Crippen LogP contribution >= 0.6 is 0 Å². The van der Waals surface area contributed by atoms with E-state index in [4.69, 9.17) is 13.3 Å². The Morgan fingerprint density at radius 1 is 0.941 bits per heavy atom. The standard InChI is InChI=1S/C12H30O3Si2/c1-8-10-12(16(5,6)7)15-17(13-3,14-4)11-9-2/h12H,8-11H2,1-7H3. The van der Waals surface area contributed by atoms with E-state index in [1.54, 1.807) is 14.2 Å². The molecule has 0 spiro atoms. The van der Waals surface area contributed by atoms with Crippen molar-refractivity contribution < 1.29 is 13.3 Å². The maximum atomic E-state index is 6.34. The smallest absolute Gasteiger partial charge is 0.377 e. The molecule has 3 nitrogen and oxygen atoms in total. The van der Waals surface area contributed by atoms with E-state index in [1.165, 1.54) is 0 Å². The van der Waals surface area contributed by atoms with Gasteiger partial charge in [0, 0.05) is 26.0 Å². The normalized spacial score (nSPS) is 15.0. The van der Waals surface area contributed by atoms with Crippen LogP contribution in [-0.4, -0.2) is 36.8 Å². The van der Waals surface area contributed by atoms with E-state index in [0.717, 1.165) is 25.3 Å². The highest BCUT2D eigenvalue weighted by Gasteiger charge is 2.43. The highest BCUT2D eigenvalue weighted by atomic mass is 28.4. The minimum Gasteiger partial charge on any atom is -0.377 e. The molecule has 0 rings (SSSR count). The van der Waals surface area contributed by atoms with Gasteiger partial charge in [-0.2, -0.15) is 0 Å².